The minimum absolute atomic E-state index is 0.0720. The maximum Gasteiger partial charge on any atom is 0.242 e. The fourth-order valence-electron chi connectivity index (χ4n) is 5.52. The van der Waals surface area contributed by atoms with Gasteiger partial charge in [-0.2, -0.15) is 0 Å². The van der Waals surface area contributed by atoms with Crippen molar-refractivity contribution in [1.29, 1.82) is 0 Å². The molecule has 3 aromatic rings. The van der Waals surface area contributed by atoms with Gasteiger partial charge >= 0.3 is 0 Å². The number of hydrogen-bond donors (Lipinski definition) is 0. The van der Waals surface area contributed by atoms with Gasteiger partial charge in [-0.25, -0.2) is 0 Å². The van der Waals surface area contributed by atoms with Crippen LogP contribution >= 0.6 is 11.6 Å². The number of carbonyl (C=O) groups excluding carboxylic acids is 1. The molecule has 5 nitrogen and oxygen atoms in total. The molecule has 0 saturated heterocycles. The van der Waals surface area contributed by atoms with Gasteiger partial charge < -0.3 is 19.3 Å². The van der Waals surface area contributed by atoms with Crippen LogP contribution in [0.15, 0.2) is 78.9 Å². The van der Waals surface area contributed by atoms with E-state index >= 15 is 0 Å². The topological polar surface area (TPSA) is 42.0 Å². The lowest BCUT2D eigenvalue weighted by Gasteiger charge is -2.26. The number of alkyl halides is 1. The number of nitrogens with zero attached hydrogens (tertiary/aromatic N) is 2. The molecule has 3 aromatic carbocycles. The predicted molar refractivity (Wildman–Crippen MR) is 169 cm³/mol. The summed E-state index contributed by atoms with van der Waals surface area (Å²) in [5.41, 5.74) is 1.82. The van der Waals surface area contributed by atoms with E-state index in [1.807, 2.05) is 78.9 Å². The van der Waals surface area contributed by atoms with Crippen molar-refractivity contribution < 1.29 is 14.3 Å². The molecule has 1 saturated carbocycles. The van der Waals surface area contributed by atoms with Gasteiger partial charge in [0, 0.05) is 12.2 Å². The minimum Gasteiger partial charge on any atom is -0.494 e. The molecule has 0 atom stereocenters. The second-order valence-corrected chi connectivity index (χ2v) is 11.5. The maximum absolute atomic E-state index is 12.5. The predicted octanol–water partition coefficient (Wildman–Crippen LogP) is 8.70. The smallest absolute Gasteiger partial charge is 0.242 e. The molecule has 1 amide bonds. The molecule has 220 valence electrons. The van der Waals surface area contributed by atoms with Gasteiger partial charge in [-0.1, -0.05) is 62.4 Å². The molecule has 41 heavy (non-hydrogen) atoms. The van der Waals surface area contributed by atoms with Crippen LogP contribution in [0.5, 0.6) is 17.2 Å². The van der Waals surface area contributed by atoms with Crippen molar-refractivity contribution >= 4 is 23.2 Å². The molecule has 0 spiro atoms. The van der Waals surface area contributed by atoms with E-state index in [2.05, 4.69) is 11.9 Å². The third kappa shape index (κ3) is 10.7. The maximum atomic E-state index is 12.5. The first-order valence-electron chi connectivity index (χ1n) is 15.2. The Labute approximate surface area is 251 Å². The fourth-order valence-corrected chi connectivity index (χ4v) is 5.67. The first-order valence-corrected chi connectivity index (χ1v) is 15.7. The number of hydrogen-bond acceptors (Lipinski definition) is 4. The summed E-state index contributed by atoms with van der Waals surface area (Å²) in [6, 6.07) is 25.1. The third-order valence-corrected chi connectivity index (χ3v) is 8.03. The van der Waals surface area contributed by atoms with Gasteiger partial charge in [0.1, 0.15) is 23.1 Å². The molecule has 1 aliphatic rings. The summed E-state index contributed by atoms with van der Waals surface area (Å²) in [4.78, 5) is 16.7. The Morgan fingerprint density at radius 1 is 0.805 bits per heavy atom. The number of anilines is 1. The van der Waals surface area contributed by atoms with E-state index in [4.69, 9.17) is 21.1 Å². The Bertz CT molecular complexity index is 1150. The van der Waals surface area contributed by atoms with Gasteiger partial charge in [0.25, 0.3) is 0 Å². The molecular formula is C35H45ClN2O3. The highest BCUT2D eigenvalue weighted by Crippen LogP contribution is 2.27. The second kappa shape index (κ2) is 17.1. The third-order valence-electron chi connectivity index (χ3n) is 7.80. The molecule has 1 aliphatic carbocycles. The SMILES string of the molecule is CN(CCCCCCOc1ccc(Oc2ccc(N(Cc3ccccc3)C(=O)CCl)cc2)cc1)CC1CCCCC1. The van der Waals surface area contributed by atoms with Crippen LogP contribution in [0.1, 0.15) is 63.4 Å². The van der Waals surface area contributed by atoms with Gasteiger partial charge in [-0.15, -0.1) is 11.6 Å². The average Bonchev–Trinajstić information content (AvgIpc) is 3.01. The Balaban J connectivity index is 1.14. The zero-order valence-electron chi connectivity index (χ0n) is 24.5. The fraction of sp³-hybridized carbons (Fsp3) is 0.457. The number of amides is 1. The van der Waals surface area contributed by atoms with Gasteiger partial charge in [0.2, 0.25) is 5.91 Å². The highest BCUT2D eigenvalue weighted by atomic mass is 35.5. The summed E-state index contributed by atoms with van der Waals surface area (Å²) < 4.78 is 12.0. The van der Waals surface area contributed by atoms with Crippen LogP contribution in [-0.2, 0) is 11.3 Å². The molecule has 0 aliphatic heterocycles. The van der Waals surface area contributed by atoms with E-state index in [-0.39, 0.29) is 11.8 Å². The lowest BCUT2D eigenvalue weighted by Crippen LogP contribution is -2.31. The molecule has 0 heterocycles. The molecule has 6 heteroatoms. The van der Waals surface area contributed by atoms with E-state index < -0.39 is 0 Å². The second-order valence-electron chi connectivity index (χ2n) is 11.2. The van der Waals surface area contributed by atoms with Crippen LogP contribution in [0.4, 0.5) is 5.69 Å². The summed E-state index contributed by atoms with van der Waals surface area (Å²) in [6.45, 7) is 3.68. The highest BCUT2D eigenvalue weighted by Gasteiger charge is 2.16. The Morgan fingerprint density at radius 2 is 1.44 bits per heavy atom. The zero-order valence-corrected chi connectivity index (χ0v) is 25.2. The monoisotopic (exact) mass is 576 g/mol. The number of ether oxygens (including phenoxy) is 2. The quantitative estimate of drug-likeness (QED) is 0.126. The van der Waals surface area contributed by atoms with Gasteiger partial charge in [-0.3, -0.25) is 4.79 Å². The van der Waals surface area contributed by atoms with Crippen molar-refractivity contribution in [2.75, 3.05) is 37.5 Å². The van der Waals surface area contributed by atoms with Gasteiger partial charge in [-0.05, 0) is 99.3 Å². The molecule has 0 N–H and O–H groups in total. The first-order chi connectivity index (χ1) is 20.1. The molecule has 0 aromatic heterocycles. The number of benzene rings is 3. The lowest BCUT2D eigenvalue weighted by molar-refractivity contribution is -0.116. The van der Waals surface area contributed by atoms with Crippen LogP contribution in [0.2, 0.25) is 0 Å². The molecular weight excluding hydrogens is 532 g/mol. The van der Waals surface area contributed by atoms with Crippen molar-refractivity contribution in [3.8, 4) is 17.2 Å². The molecule has 0 unspecified atom stereocenters. The minimum atomic E-state index is -0.141. The lowest BCUT2D eigenvalue weighted by atomic mass is 9.89. The summed E-state index contributed by atoms with van der Waals surface area (Å²) >= 11 is 5.88. The van der Waals surface area contributed by atoms with Crippen LogP contribution in [-0.4, -0.2) is 43.4 Å². The number of rotatable bonds is 16. The molecule has 1 fully saturated rings. The van der Waals surface area contributed by atoms with Gasteiger partial charge in [0.05, 0.1) is 13.2 Å². The summed E-state index contributed by atoms with van der Waals surface area (Å²) in [6.07, 6.45) is 11.9. The zero-order chi connectivity index (χ0) is 28.7. The number of carbonyl (C=O) groups is 1. The van der Waals surface area contributed by atoms with E-state index in [9.17, 15) is 4.79 Å². The summed E-state index contributed by atoms with van der Waals surface area (Å²) in [5.74, 6) is 3.00. The van der Waals surface area contributed by atoms with E-state index in [1.165, 1.54) is 64.5 Å². The number of unbranched alkanes of at least 4 members (excludes halogenated alkanes) is 3. The van der Waals surface area contributed by atoms with Crippen LogP contribution < -0.4 is 14.4 Å². The number of halogens is 1. The largest absolute Gasteiger partial charge is 0.494 e. The standard InChI is InChI=1S/C35H45ClN2O3/c1-37(27-29-12-6-4-7-13-29)24-10-2-3-11-25-40-32-20-22-34(23-21-32)41-33-18-16-31(17-19-33)38(35(39)26-36)28-30-14-8-5-9-15-30/h5,8-9,14-23,29H,2-4,6-7,10-13,24-28H2,1H3. The molecule has 4 rings (SSSR count). The van der Waals surface area contributed by atoms with Crippen molar-refractivity contribution in [2.24, 2.45) is 5.92 Å². The van der Waals surface area contributed by atoms with Crippen LogP contribution in [0.25, 0.3) is 0 Å². The van der Waals surface area contributed by atoms with Crippen LogP contribution in [0, 0.1) is 5.92 Å². The summed E-state index contributed by atoms with van der Waals surface area (Å²) in [7, 11) is 2.28. The summed E-state index contributed by atoms with van der Waals surface area (Å²) in [5, 5.41) is 0. The van der Waals surface area contributed by atoms with Crippen molar-refractivity contribution in [3.05, 3.63) is 84.4 Å². The molecule has 0 bridgehead atoms. The van der Waals surface area contributed by atoms with Crippen molar-refractivity contribution in [2.45, 2.75) is 64.3 Å². The van der Waals surface area contributed by atoms with E-state index in [1.54, 1.807) is 4.90 Å². The first kappa shape index (κ1) is 30.9. The average molecular weight is 577 g/mol. The van der Waals surface area contributed by atoms with E-state index in [0.717, 1.165) is 41.7 Å². The van der Waals surface area contributed by atoms with Gasteiger partial charge in [0.15, 0.2) is 0 Å². The van der Waals surface area contributed by atoms with Crippen molar-refractivity contribution in [3.63, 3.8) is 0 Å². The Kier molecular flexibility index (Phi) is 12.9. The Morgan fingerprint density at radius 3 is 2.12 bits per heavy atom. The normalized spacial score (nSPS) is 13.7. The highest BCUT2D eigenvalue weighted by molar-refractivity contribution is 6.29. The van der Waals surface area contributed by atoms with Crippen LogP contribution in [0.3, 0.4) is 0 Å². The molecule has 0 radical (unpaired) electrons. The van der Waals surface area contributed by atoms with E-state index in [0.29, 0.717) is 12.3 Å². The van der Waals surface area contributed by atoms with Crippen molar-refractivity contribution in [1.82, 2.24) is 4.90 Å². The Hall–Kier alpha value is -3.02.